The lowest BCUT2D eigenvalue weighted by Crippen LogP contribution is -2.47. The van der Waals surface area contributed by atoms with Crippen LogP contribution in [0.2, 0.25) is 0 Å². The molecule has 32 heavy (non-hydrogen) atoms. The Kier molecular flexibility index (Phi) is 9.26. The van der Waals surface area contributed by atoms with Crippen LogP contribution in [0.4, 0.5) is 11.4 Å². The maximum absolute atomic E-state index is 12.6. The van der Waals surface area contributed by atoms with Crippen molar-refractivity contribution in [3.05, 3.63) is 53.6 Å². The van der Waals surface area contributed by atoms with E-state index in [4.69, 9.17) is 4.74 Å². The van der Waals surface area contributed by atoms with Gasteiger partial charge in [0.2, 0.25) is 5.91 Å². The molecule has 4 rings (SSSR count). The number of fused-ring (bicyclic) bond motifs is 1. The molecule has 1 saturated heterocycles. The molecule has 0 unspecified atom stereocenters. The van der Waals surface area contributed by atoms with Crippen LogP contribution in [0.25, 0.3) is 0 Å². The Labute approximate surface area is 204 Å². The number of nitrogens with zero attached hydrogens (tertiary/aromatic N) is 2. The number of piperidine rings is 1. The number of likely N-dealkylation sites (N-methyl/N-ethyl adjacent to an activating group) is 1. The van der Waals surface area contributed by atoms with Crippen molar-refractivity contribution in [3.63, 3.8) is 0 Å². The molecule has 7 heteroatoms. The van der Waals surface area contributed by atoms with Crippen LogP contribution in [0, 0.1) is 0 Å². The zero-order chi connectivity index (χ0) is 21.3. The molecule has 176 valence electrons. The van der Waals surface area contributed by atoms with Gasteiger partial charge in [-0.1, -0.05) is 30.3 Å². The number of hydrogen-bond donors (Lipinski definition) is 1. The first-order valence-corrected chi connectivity index (χ1v) is 11.1. The summed E-state index contributed by atoms with van der Waals surface area (Å²) < 4.78 is 5.82. The number of carbonyl (C=O) groups is 1. The number of hydrogen-bond acceptors (Lipinski definition) is 4. The van der Waals surface area contributed by atoms with Crippen LogP contribution in [-0.4, -0.2) is 38.7 Å². The summed E-state index contributed by atoms with van der Waals surface area (Å²) in [5, 5.41) is 3.72. The monoisotopic (exact) mass is 479 g/mol. The summed E-state index contributed by atoms with van der Waals surface area (Å²) >= 11 is 0. The average molecular weight is 480 g/mol. The molecule has 2 atom stereocenters. The smallest absolute Gasteiger partial charge is 0.227 e. The molecule has 0 radical (unpaired) electrons. The summed E-state index contributed by atoms with van der Waals surface area (Å²) in [5.74, 6) is 1.09. The third-order valence-corrected chi connectivity index (χ3v) is 6.49. The van der Waals surface area contributed by atoms with Gasteiger partial charge in [-0.25, -0.2) is 0 Å². The van der Waals surface area contributed by atoms with E-state index in [1.807, 2.05) is 4.90 Å². The molecule has 2 aliphatic rings. The first-order valence-electron chi connectivity index (χ1n) is 11.1. The Morgan fingerprint density at radius 2 is 1.84 bits per heavy atom. The molecule has 2 aromatic carbocycles. The third-order valence-electron chi connectivity index (χ3n) is 6.49. The lowest BCUT2D eigenvalue weighted by molar-refractivity contribution is -0.119. The highest BCUT2D eigenvalue weighted by Crippen LogP contribution is 2.41. The van der Waals surface area contributed by atoms with Gasteiger partial charge in [0.15, 0.2) is 0 Å². The Hall–Kier alpha value is -1.95. The number of amides is 1. The summed E-state index contributed by atoms with van der Waals surface area (Å²) in [6.07, 6.45) is 3.58. The van der Waals surface area contributed by atoms with E-state index in [2.05, 4.69) is 73.6 Å². The Balaban J connectivity index is 0.00000181. The molecule has 1 N–H and O–H groups in total. The van der Waals surface area contributed by atoms with Crippen molar-refractivity contribution >= 4 is 42.1 Å². The van der Waals surface area contributed by atoms with Crippen LogP contribution in [0.3, 0.4) is 0 Å². The molecule has 0 saturated carbocycles. The van der Waals surface area contributed by atoms with Crippen LogP contribution in [-0.2, 0) is 11.2 Å². The van der Waals surface area contributed by atoms with Crippen LogP contribution in [0.1, 0.15) is 50.3 Å². The fourth-order valence-corrected chi connectivity index (χ4v) is 4.99. The quantitative estimate of drug-likeness (QED) is 0.643. The van der Waals surface area contributed by atoms with Crippen molar-refractivity contribution in [2.24, 2.45) is 0 Å². The number of carbonyl (C=O) groups excluding carboxylic acids is 1. The highest BCUT2D eigenvalue weighted by Gasteiger charge is 2.33. The van der Waals surface area contributed by atoms with Crippen molar-refractivity contribution < 1.29 is 9.53 Å². The Morgan fingerprint density at radius 1 is 1.12 bits per heavy atom. The van der Waals surface area contributed by atoms with Gasteiger partial charge in [-0.05, 0) is 62.9 Å². The van der Waals surface area contributed by atoms with Gasteiger partial charge in [-0.2, -0.15) is 0 Å². The minimum Gasteiger partial charge on any atom is -0.495 e. The summed E-state index contributed by atoms with van der Waals surface area (Å²) in [6, 6.07) is 15.7. The van der Waals surface area contributed by atoms with Crippen molar-refractivity contribution in [1.29, 1.82) is 0 Å². The van der Waals surface area contributed by atoms with E-state index in [1.54, 1.807) is 7.11 Å². The minimum absolute atomic E-state index is 0. The van der Waals surface area contributed by atoms with Crippen LogP contribution in [0.15, 0.2) is 42.5 Å². The number of halogens is 2. The molecule has 1 amide bonds. The van der Waals surface area contributed by atoms with E-state index in [0.717, 1.165) is 42.9 Å². The number of rotatable bonds is 5. The van der Waals surface area contributed by atoms with Crippen molar-refractivity contribution in [1.82, 2.24) is 5.32 Å². The molecular formula is C25H35Cl2N3O2. The molecule has 2 aromatic rings. The van der Waals surface area contributed by atoms with Crippen molar-refractivity contribution in [3.8, 4) is 5.75 Å². The zero-order valence-electron chi connectivity index (χ0n) is 19.3. The third kappa shape index (κ3) is 5.00. The van der Waals surface area contributed by atoms with Gasteiger partial charge in [0.05, 0.1) is 18.8 Å². The fourth-order valence-electron chi connectivity index (χ4n) is 4.99. The van der Waals surface area contributed by atoms with Gasteiger partial charge in [0, 0.05) is 31.2 Å². The van der Waals surface area contributed by atoms with Gasteiger partial charge in [0.1, 0.15) is 5.75 Å². The largest absolute Gasteiger partial charge is 0.495 e. The summed E-state index contributed by atoms with van der Waals surface area (Å²) in [7, 11) is 3.89. The van der Waals surface area contributed by atoms with Gasteiger partial charge in [-0.15, -0.1) is 24.8 Å². The molecular weight excluding hydrogens is 445 g/mol. The predicted molar refractivity (Wildman–Crippen MR) is 137 cm³/mol. The van der Waals surface area contributed by atoms with E-state index in [-0.39, 0.29) is 42.8 Å². The zero-order valence-corrected chi connectivity index (χ0v) is 21.0. The summed E-state index contributed by atoms with van der Waals surface area (Å²) in [5.41, 5.74) is 4.58. The lowest BCUT2D eigenvalue weighted by Gasteiger charge is -2.41. The van der Waals surface area contributed by atoms with E-state index < -0.39 is 0 Å². The molecule has 5 nitrogen and oxygen atoms in total. The molecule has 0 bridgehead atoms. The second-order valence-electron chi connectivity index (χ2n) is 8.67. The number of benzene rings is 2. The molecule has 0 spiro atoms. The van der Waals surface area contributed by atoms with Crippen molar-refractivity contribution in [2.45, 2.75) is 57.7 Å². The second kappa shape index (κ2) is 11.3. The fraction of sp³-hybridized carbons (Fsp3) is 0.480. The van der Waals surface area contributed by atoms with Crippen molar-refractivity contribution in [2.75, 3.05) is 30.5 Å². The first kappa shape index (κ1) is 26.3. The number of ether oxygens (including phenoxy) is 1. The number of nitrogens with one attached hydrogen (secondary N) is 1. The Bertz CT molecular complexity index is 908. The van der Waals surface area contributed by atoms with Gasteiger partial charge in [0.25, 0.3) is 0 Å². The second-order valence-corrected chi connectivity index (χ2v) is 8.67. The number of methoxy groups -OCH3 is 1. The molecule has 0 aliphatic carbocycles. The van der Waals surface area contributed by atoms with E-state index in [9.17, 15) is 4.79 Å². The lowest BCUT2D eigenvalue weighted by atomic mass is 9.90. The molecule has 2 aliphatic heterocycles. The maximum atomic E-state index is 12.6. The SMILES string of the molecule is COc1cc2c(cc1N(C)[C@H]1CCCN[C@H]1c1ccccc1)N(C(C)C)C(=O)CC2.Cl.Cl. The maximum Gasteiger partial charge on any atom is 0.227 e. The predicted octanol–water partition coefficient (Wildman–Crippen LogP) is 5.16. The first-order chi connectivity index (χ1) is 14.5. The van der Waals surface area contributed by atoms with Gasteiger partial charge >= 0.3 is 0 Å². The normalized spacial score (nSPS) is 20.2. The molecule has 0 aromatic heterocycles. The topological polar surface area (TPSA) is 44.8 Å². The Morgan fingerprint density at radius 3 is 2.50 bits per heavy atom. The van der Waals surface area contributed by atoms with E-state index in [1.165, 1.54) is 11.1 Å². The standard InChI is InChI=1S/C25H33N3O2.2ClH/c1-17(2)28-21-16-22(23(30-4)15-19(21)12-13-24(28)29)27(3)20-11-8-14-26-25(20)18-9-6-5-7-10-18;;/h5-7,9-10,15-17,20,25-26H,8,11-14H2,1-4H3;2*1H/t20-,25-;;/m0../s1. The number of anilines is 2. The van der Waals surface area contributed by atoms with E-state index >= 15 is 0 Å². The number of aryl methyl sites for hydroxylation is 1. The van der Waals surface area contributed by atoms with E-state index in [0.29, 0.717) is 12.5 Å². The highest BCUT2D eigenvalue weighted by molar-refractivity contribution is 5.98. The van der Waals surface area contributed by atoms with Crippen LogP contribution in [0.5, 0.6) is 5.75 Å². The summed E-state index contributed by atoms with van der Waals surface area (Å²) in [4.78, 5) is 16.9. The van der Waals surface area contributed by atoms with Gasteiger partial charge in [-0.3, -0.25) is 4.79 Å². The molecule has 1 fully saturated rings. The average Bonchev–Trinajstić information content (AvgIpc) is 2.78. The highest BCUT2D eigenvalue weighted by atomic mass is 35.5. The van der Waals surface area contributed by atoms with Gasteiger partial charge < -0.3 is 19.9 Å². The molecule has 2 heterocycles. The van der Waals surface area contributed by atoms with Crippen LogP contribution < -0.4 is 19.9 Å². The summed E-state index contributed by atoms with van der Waals surface area (Å²) in [6.45, 7) is 5.19. The van der Waals surface area contributed by atoms with Crippen LogP contribution >= 0.6 is 24.8 Å². The minimum atomic E-state index is 0.